The first-order chi connectivity index (χ1) is 7.68. The highest BCUT2D eigenvalue weighted by atomic mass is 16.3. The van der Waals surface area contributed by atoms with Gasteiger partial charge in [0.05, 0.1) is 12.0 Å². The van der Waals surface area contributed by atoms with Crippen LogP contribution in [0.5, 0.6) is 0 Å². The molecule has 0 aromatic heterocycles. The molecule has 2 saturated heterocycles. The number of aliphatic hydroxyl groups excluding tert-OH is 1. The number of piperidine rings is 1. The predicted molar refractivity (Wildman–Crippen MR) is 62.0 cm³/mol. The van der Waals surface area contributed by atoms with E-state index in [0.717, 1.165) is 45.4 Å². The topological polar surface area (TPSA) is 52.6 Å². The van der Waals surface area contributed by atoms with Gasteiger partial charge in [-0.25, -0.2) is 0 Å². The van der Waals surface area contributed by atoms with Gasteiger partial charge in [-0.3, -0.25) is 4.79 Å². The zero-order valence-corrected chi connectivity index (χ0v) is 9.98. The first kappa shape index (κ1) is 11.9. The van der Waals surface area contributed by atoms with Gasteiger partial charge in [-0.2, -0.15) is 0 Å². The van der Waals surface area contributed by atoms with E-state index in [9.17, 15) is 9.90 Å². The first-order valence-corrected chi connectivity index (χ1v) is 6.36. The molecule has 0 saturated carbocycles. The number of nitrogens with one attached hydrogen (secondary N) is 1. The van der Waals surface area contributed by atoms with E-state index >= 15 is 0 Å². The maximum Gasteiger partial charge on any atom is 0.227 e. The Hall–Kier alpha value is -0.610. The van der Waals surface area contributed by atoms with Crippen LogP contribution in [0.3, 0.4) is 0 Å². The normalized spacial score (nSPS) is 32.8. The van der Waals surface area contributed by atoms with Crippen LogP contribution in [0.15, 0.2) is 0 Å². The zero-order chi connectivity index (χ0) is 11.5. The molecule has 0 radical (unpaired) electrons. The fourth-order valence-electron chi connectivity index (χ4n) is 2.73. The van der Waals surface area contributed by atoms with E-state index in [2.05, 4.69) is 5.32 Å². The average molecular weight is 226 g/mol. The molecule has 2 aliphatic rings. The molecular formula is C12H22N2O2. The summed E-state index contributed by atoms with van der Waals surface area (Å²) >= 11 is 0. The van der Waals surface area contributed by atoms with E-state index in [4.69, 9.17) is 0 Å². The third-order valence-corrected chi connectivity index (χ3v) is 3.86. The van der Waals surface area contributed by atoms with Crippen molar-refractivity contribution in [2.75, 3.05) is 26.2 Å². The monoisotopic (exact) mass is 226 g/mol. The Morgan fingerprint density at radius 1 is 1.50 bits per heavy atom. The summed E-state index contributed by atoms with van der Waals surface area (Å²) in [6.45, 7) is 5.24. The maximum absolute atomic E-state index is 12.2. The van der Waals surface area contributed by atoms with Crippen LogP contribution in [0.25, 0.3) is 0 Å². The maximum atomic E-state index is 12.2. The number of hydrogen-bond donors (Lipinski definition) is 2. The highest BCUT2D eigenvalue weighted by molar-refractivity contribution is 5.79. The number of aliphatic hydroxyl groups is 1. The third-order valence-electron chi connectivity index (χ3n) is 3.86. The molecule has 0 aromatic rings. The Morgan fingerprint density at radius 3 is 2.94 bits per heavy atom. The molecule has 2 aliphatic heterocycles. The van der Waals surface area contributed by atoms with Gasteiger partial charge in [0.25, 0.3) is 0 Å². The molecule has 0 aliphatic carbocycles. The summed E-state index contributed by atoms with van der Waals surface area (Å²) in [5, 5.41) is 12.8. The number of carbonyl (C=O) groups excluding carboxylic acids is 1. The number of likely N-dealkylation sites (tertiary alicyclic amines) is 1. The molecule has 0 spiro atoms. The zero-order valence-electron chi connectivity index (χ0n) is 9.98. The molecule has 2 N–H and O–H groups in total. The van der Waals surface area contributed by atoms with Crippen LogP contribution in [0, 0.1) is 11.8 Å². The highest BCUT2D eigenvalue weighted by Gasteiger charge is 2.31. The van der Waals surface area contributed by atoms with Crippen LogP contribution in [0.4, 0.5) is 0 Å². The SMILES string of the molecule is C[C@H](O)[C@@H]1CCCN(C(=O)[C@H]2CCNC2)C1. The summed E-state index contributed by atoms with van der Waals surface area (Å²) in [6.07, 6.45) is 2.75. The second-order valence-corrected chi connectivity index (χ2v) is 5.12. The lowest BCUT2D eigenvalue weighted by Gasteiger charge is -2.35. The minimum Gasteiger partial charge on any atom is -0.393 e. The second kappa shape index (κ2) is 5.15. The summed E-state index contributed by atoms with van der Waals surface area (Å²) in [5.41, 5.74) is 0. The second-order valence-electron chi connectivity index (χ2n) is 5.12. The van der Waals surface area contributed by atoms with Crippen molar-refractivity contribution in [3.63, 3.8) is 0 Å². The van der Waals surface area contributed by atoms with Gasteiger partial charge < -0.3 is 15.3 Å². The van der Waals surface area contributed by atoms with Crippen molar-refractivity contribution in [1.29, 1.82) is 0 Å². The van der Waals surface area contributed by atoms with Crippen molar-refractivity contribution in [3.05, 3.63) is 0 Å². The molecular weight excluding hydrogens is 204 g/mol. The summed E-state index contributed by atoms with van der Waals surface area (Å²) in [4.78, 5) is 14.1. The van der Waals surface area contributed by atoms with Crippen molar-refractivity contribution >= 4 is 5.91 Å². The molecule has 2 heterocycles. The standard InChI is InChI=1S/C12H22N2O2/c1-9(15)11-3-2-6-14(8-11)12(16)10-4-5-13-7-10/h9-11,13,15H,2-8H2,1H3/t9-,10-,11+/m0/s1. The summed E-state index contributed by atoms with van der Waals surface area (Å²) in [6, 6.07) is 0. The largest absolute Gasteiger partial charge is 0.393 e. The molecule has 4 heteroatoms. The van der Waals surface area contributed by atoms with Gasteiger partial charge in [-0.1, -0.05) is 0 Å². The molecule has 92 valence electrons. The molecule has 16 heavy (non-hydrogen) atoms. The minimum atomic E-state index is -0.294. The molecule has 0 bridgehead atoms. The molecule has 4 nitrogen and oxygen atoms in total. The van der Waals surface area contributed by atoms with Crippen LogP contribution in [-0.2, 0) is 4.79 Å². The molecule has 0 unspecified atom stereocenters. The lowest BCUT2D eigenvalue weighted by atomic mass is 9.92. The smallest absolute Gasteiger partial charge is 0.227 e. The number of hydrogen-bond acceptors (Lipinski definition) is 3. The highest BCUT2D eigenvalue weighted by Crippen LogP contribution is 2.22. The van der Waals surface area contributed by atoms with E-state index in [1.54, 1.807) is 0 Å². The fraction of sp³-hybridized carbons (Fsp3) is 0.917. The van der Waals surface area contributed by atoms with Gasteiger partial charge in [-0.05, 0) is 32.7 Å². The van der Waals surface area contributed by atoms with Gasteiger partial charge in [0.2, 0.25) is 5.91 Å². The molecule has 0 aromatic carbocycles. The van der Waals surface area contributed by atoms with Crippen molar-refractivity contribution in [3.8, 4) is 0 Å². The van der Waals surface area contributed by atoms with E-state index in [1.807, 2.05) is 11.8 Å². The van der Waals surface area contributed by atoms with E-state index in [0.29, 0.717) is 0 Å². The molecule has 3 atom stereocenters. The van der Waals surface area contributed by atoms with Crippen molar-refractivity contribution in [2.45, 2.75) is 32.3 Å². The third kappa shape index (κ3) is 2.55. The fourth-order valence-corrected chi connectivity index (χ4v) is 2.73. The number of nitrogens with zero attached hydrogens (tertiary/aromatic N) is 1. The predicted octanol–water partition coefficient (Wildman–Crippen LogP) is 0.215. The summed E-state index contributed by atoms with van der Waals surface area (Å²) < 4.78 is 0. The minimum absolute atomic E-state index is 0.174. The van der Waals surface area contributed by atoms with Crippen molar-refractivity contribution in [1.82, 2.24) is 10.2 Å². The van der Waals surface area contributed by atoms with Gasteiger partial charge in [0.15, 0.2) is 0 Å². The summed E-state index contributed by atoms with van der Waals surface area (Å²) in [7, 11) is 0. The van der Waals surface area contributed by atoms with Gasteiger partial charge in [0.1, 0.15) is 0 Å². The van der Waals surface area contributed by atoms with Gasteiger partial charge in [0, 0.05) is 25.6 Å². The van der Waals surface area contributed by atoms with Crippen LogP contribution in [0.1, 0.15) is 26.2 Å². The lowest BCUT2D eigenvalue weighted by molar-refractivity contribution is -0.137. The quantitative estimate of drug-likeness (QED) is 0.708. The Balaban J connectivity index is 1.90. The van der Waals surface area contributed by atoms with Gasteiger partial charge >= 0.3 is 0 Å². The van der Waals surface area contributed by atoms with Gasteiger partial charge in [-0.15, -0.1) is 0 Å². The van der Waals surface area contributed by atoms with E-state index in [-0.39, 0.29) is 23.8 Å². The van der Waals surface area contributed by atoms with Crippen LogP contribution in [0.2, 0.25) is 0 Å². The Labute approximate surface area is 97.0 Å². The molecule has 2 rings (SSSR count). The Morgan fingerprint density at radius 2 is 2.31 bits per heavy atom. The van der Waals surface area contributed by atoms with Crippen LogP contribution in [-0.4, -0.2) is 48.2 Å². The number of carbonyl (C=O) groups is 1. The molecule has 1 amide bonds. The average Bonchev–Trinajstić information content (AvgIpc) is 2.81. The van der Waals surface area contributed by atoms with Crippen LogP contribution < -0.4 is 5.32 Å². The number of rotatable bonds is 2. The first-order valence-electron chi connectivity index (χ1n) is 6.36. The Kier molecular flexibility index (Phi) is 3.82. The van der Waals surface area contributed by atoms with Crippen molar-refractivity contribution < 1.29 is 9.90 Å². The van der Waals surface area contributed by atoms with Crippen LogP contribution >= 0.6 is 0 Å². The van der Waals surface area contributed by atoms with E-state index in [1.165, 1.54) is 0 Å². The molecule has 2 fully saturated rings. The lowest BCUT2D eigenvalue weighted by Crippen LogP contribution is -2.45. The number of amides is 1. The summed E-state index contributed by atoms with van der Waals surface area (Å²) in [5.74, 6) is 0.732. The van der Waals surface area contributed by atoms with E-state index < -0.39 is 0 Å². The Bertz CT molecular complexity index is 249. The van der Waals surface area contributed by atoms with Crippen molar-refractivity contribution in [2.24, 2.45) is 11.8 Å².